The molecule has 21 nitrogen and oxygen atoms in total. The van der Waals surface area contributed by atoms with Crippen LogP contribution in [0, 0.1) is 0 Å². The lowest BCUT2D eigenvalue weighted by Gasteiger charge is -2.41. The Morgan fingerprint density at radius 2 is 0.900 bits per heavy atom. The molecule has 3 saturated carbocycles. The number of anilines is 2. The fourth-order valence-electron chi connectivity index (χ4n) is 16.6. The van der Waals surface area contributed by atoms with Gasteiger partial charge in [-0.3, -0.25) is 9.80 Å². The second-order valence-electron chi connectivity index (χ2n) is 39.7. The molecule has 0 bridgehead atoms. The van der Waals surface area contributed by atoms with Gasteiger partial charge in [0.05, 0.1) is 28.1 Å². The van der Waals surface area contributed by atoms with Crippen molar-refractivity contribution in [3.63, 3.8) is 0 Å². The number of aromatic nitrogens is 9. The van der Waals surface area contributed by atoms with E-state index >= 15 is 0 Å². The number of nitrogens with one attached hydrogen (secondary N) is 2. The number of piperazine rings is 2. The van der Waals surface area contributed by atoms with Crippen LogP contribution in [0.5, 0.6) is 0 Å². The Hall–Kier alpha value is -4.75. The fraction of sp³-hybridized carbons (Fsp3) is 0.677. The van der Waals surface area contributed by atoms with Crippen LogP contribution in [-0.4, -0.2) is 206 Å². The third-order valence-corrected chi connectivity index (χ3v) is 37.5. The average Bonchev–Trinajstić information content (AvgIpc) is 1.61. The number of benzene rings is 2. The summed E-state index contributed by atoms with van der Waals surface area (Å²) < 4.78 is 34.6. The van der Waals surface area contributed by atoms with E-state index in [2.05, 4.69) is 302 Å². The van der Waals surface area contributed by atoms with E-state index in [0.717, 1.165) is 228 Å². The predicted molar refractivity (Wildman–Crippen MR) is 513 cm³/mol. The third-order valence-electron chi connectivity index (χ3n) is 27.0. The molecule has 0 spiro atoms. The largest absolute Gasteiger partial charge is 0.494 e. The van der Waals surface area contributed by atoms with Gasteiger partial charge in [-0.25, -0.2) is 15.0 Å². The van der Waals surface area contributed by atoms with Crippen molar-refractivity contribution in [1.82, 2.24) is 63.2 Å². The van der Waals surface area contributed by atoms with Crippen LogP contribution < -0.4 is 21.8 Å². The van der Waals surface area contributed by atoms with Crippen molar-refractivity contribution in [2.75, 3.05) is 77.1 Å². The highest BCUT2D eigenvalue weighted by Gasteiger charge is 2.52. The Morgan fingerprint density at radius 3 is 1.29 bits per heavy atom. The Bertz CT molecular complexity index is 4460. The maximum absolute atomic E-state index is 10.1. The molecule has 0 amide bonds. The molecule has 3 unspecified atom stereocenters. The standard InChI is InChI=1S/C29H42N6O.C23H39BrN4OSi.C18H29BN2O2.C18H27BrClN3OSi.C5H13N/c1-4-5-21(2)31-29-30-18-26-27(20-35(28(26)32-29)24-10-12-25(36)13-11-24)23-8-6-22(7-9-23)19-34-16-14-33(3)15-17-34;1-8-9-16(2)26-22-25-14-19-20(24)15-28(21(19)27-22)17-10-12-18(13-11-17)29-30(6,7)23(3,4)5;1-17(2)18(3,4)23-19(22-17)16-8-6-15(7-9-16)14-21-12-10-20(5)11-13-21;1-18(2,3)25(4,5)24-13-8-6-12(7-9-13)23-11-15(19)14-10-21-17(20)22-16(14)23;1-3-4-5(2)6/h6-9,18,20-21,24-25,36H,4-5,10-17,19H2,1-3H3,(H,30,31,32);14-18H,8-13H2,1-7H3,(H,25,26,27);6-9H,10-14H2,1-5H3;10-13H,6-9H2,1-5H3;5H,3-4,6H2,1-2H3. The topological polar surface area (TPSA) is 212 Å². The van der Waals surface area contributed by atoms with Gasteiger partial charge >= 0.3 is 7.12 Å². The molecule has 27 heteroatoms. The third kappa shape index (κ3) is 26.5. The highest BCUT2D eigenvalue weighted by atomic mass is 79.9. The van der Waals surface area contributed by atoms with Crippen LogP contribution >= 0.6 is 43.5 Å². The molecular weight excluding hydrogens is 1680 g/mol. The van der Waals surface area contributed by atoms with Gasteiger partial charge in [0.1, 0.15) is 16.9 Å². The predicted octanol–water partition coefficient (Wildman–Crippen LogP) is 21.4. The van der Waals surface area contributed by atoms with E-state index in [1.165, 1.54) is 28.7 Å². The molecule has 3 aliphatic carbocycles. The van der Waals surface area contributed by atoms with E-state index < -0.39 is 16.6 Å². The number of likely N-dealkylation sites (N-methyl/N-ethyl adjacent to an activating group) is 2. The molecule has 120 heavy (non-hydrogen) atoms. The zero-order valence-electron chi connectivity index (χ0n) is 77.3. The summed E-state index contributed by atoms with van der Waals surface area (Å²) in [4.78, 5) is 37.5. The van der Waals surface area contributed by atoms with Crippen LogP contribution in [-0.2, 0) is 31.3 Å². The van der Waals surface area contributed by atoms with Crippen molar-refractivity contribution in [1.29, 1.82) is 0 Å². The molecule has 3 atom stereocenters. The van der Waals surface area contributed by atoms with Crippen molar-refractivity contribution < 1.29 is 23.3 Å². The van der Waals surface area contributed by atoms with Crippen LogP contribution in [0.4, 0.5) is 11.9 Å². The Morgan fingerprint density at radius 1 is 0.533 bits per heavy atom. The summed E-state index contributed by atoms with van der Waals surface area (Å²) in [6, 6.07) is 20.1. The van der Waals surface area contributed by atoms with E-state index in [1.54, 1.807) is 6.20 Å². The summed E-state index contributed by atoms with van der Waals surface area (Å²) in [6.07, 6.45) is 32.4. The Kier molecular flexibility index (Phi) is 35.0. The second kappa shape index (κ2) is 43.2. The summed E-state index contributed by atoms with van der Waals surface area (Å²) in [7, 11) is 0.727. The van der Waals surface area contributed by atoms with Crippen LogP contribution in [0.3, 0.4) is 0 Å². The van der Waals surface area contributed by atoms with Gasteiger partial charge in [0.2, 0.25) is 17.2 Å². The second-order valence-corrected chi connectivity index (χ2v) is 51.2. The van der Waals surface area contributed by atoms with Crippen LogP contribution in [0.2, 0.25) is 41.5 Å². The number of rotatable bonds is 23. The number of fused-ring (bicyclic) bond motifs is 3. The van der Waals surface area contributed by atoms with Crippen LogP contribution in [0.15, 0.2) is 94.7 Å². The zero-order chi connectivity index (χ0) is 87.2. The molecule has 9 heterocycles. The first-order valence-corrected chi connectivity index (χ1v) is 53.2. The van der Waals surface area contributed by atoms with E-state index in [0.29, 0.717) is 59.7 Å². The first-order valence-electron chi connectivity index (χ1n) is 45.4. The van der Waals surface area contributed by atoms with Gasteiger partial charge in [0.25, 0.3) is 0 Å². The van der Waals surface area contributed by atoms with E-state index in [4.69, 9.17) is 50.4 Å². The summed E-state index contributed by atoms with van der Waals surface area (Å²) in [5.41, 5.74) is 14.0. The molecule has 5 N–H and O–H groups in total. The minimum atomic E-state index is -1.71. The first kappa shape index (κ1) is 97.4. The normalized spacial score (nSPS) is 22.4. The molecule has 2 aromatic carbocycles. The molecule has 14 rings (SSSR count). The quantitative estimate of drug-likeness (QED) is 0.0346. The summed E-state index contributed by atoms with van der Waals surface area (Å²) >= 11 is 13.3. The number of hydrogen-bond acceptors (Lipinski definition) is 18. The lowest BCUT2D eigenvalue weighted by molar-refractivity contribution is 0.00578. The van der Waals surface area contributed by atoms with Crippen molar-refractivity contribution in [2.24, 2.45) is 5.73 Å². The van der Waals surface area contributed by atoms with Gasteiger partial charge in [-0.05, 0) is 261 Å². The molecule has 3 aliphatic heterocycles. The first-order chi connectivity index (χ1) is 56.6. The molecule has 6 aromatic heterocycles. The maximum atomic E-state index is 10.1. The molecular formula is C93H150BBr2ClN16O5Si2. The van der Waals surface area contributed by atoms with E-state index in [-0.39, 0.29) is 34.5 Å². The number of hydrogen-bond donors (Lipinski definition) is 4. The van der Waals surface area contributed by atoms with Crippen LogP contribution in [0.25, 0.3) is 44.2 Å². The fourth-order valence-corrected chi connectivity index (χ4v) is 20.6. The summed E-state index contributed by atoms with van der Waals surface area (Å²) in [5.74, 6) is 1.43. The molecule has 3 saturated heterocycles. The van der Waals surface area contributed by atoms with Gasteiger partial charge in [0, 0.05) is 171 Å². The summed E-state index contributed by atoms with van der Waals surface area (Å²) in [6.45, 7) is 55.8. The van der Waals surface area contributed by atoms with Gasteiger partial charge < -0.3 is 63.1 Å². The molecule has 6 fully saturated rings. The van der Waals surface area contributed by atoms with Crippen molar-refractivity contribution in [3.8, 4) is 11.1 Å². The maximum Gasteiger partial charge on any atom is 0.494 e. The Labute approximate surface area is 745 Å². The van der Waals surface area contributed by atoms with Crippen molar-refractivity contribution in [2.45, 2.75) is 341 Å². The average molecular weight is 1830 g/mol. The number of aliphatic hydroxyl groups excluding tert-OH is 1. The van der Waals surface area contributed by atoms with Crippen molar-refractivity contribution in [3.05, 3.63) is 111 Å². The van der Waals surface area contributed by atoms with Gasteiger partial charge in [-0.2, -0.15) is 15.0 Å². The minimum absolute atomic E-state index is 0.169. The lowest BCUT2D eigenvalue weighted by atomic mass is 9.79. The number of aliphatic hydroxyl groups is 1. The molecule has 664 valence electrons. The van der Waals surface area contributed by atoms with Crippen molar-refractivity contribution >= 4 is 118 Å². The van der Waals surface area contributed by atoms with Gasteiger partial charge in [-0.15, -0.1) is 0 Å². The number of nitrogens with zero attached hydrogens (tertiary/aromatic N) is 13. The SMILES string of the molecule is CC(C)(C)[Si](C)(C)OC1CCC(n2cc(Br)c3cnc(Cl)nc32)CC1.CCCC(C)N.CCCC(C)Nc1ncc2c(-c3ccc(CN4CCN(C)CC4)cc3)cn(C3CCC(O)CC3)c2n1.CCCC(C)Nc1ncc2c(Br)cn(C3CCC(O[Si](C)(C)C(C)(C)C)CC3)c2n1.CN1CCN(Cc2ccc(B3OC(C)(C)C(C)(C)O3)cc2)CC1. The van der Waals surface area contributed by atoms with E-state index in [1.807, 2.05) is 19.3 Å². The highest BCUT2D eigenvalue weighted by Crippen LogP contribution is 2.45. The molecule has 8 aromatic rings. The zero-order valence-corrected chi connectivity index (χ0v) is 83.2. The van der Waals surface area contributed by atoms with Crippen LogP contribution in [0.1, 0.15) is 256 Å². The van der Waals surface area contributed by atoms with Gasteiger partial charge in [-0.1, -0.05) is 130 Å². The lowest BCUT2D eigenvalue weighted by Crippen LogP contribution is -2.44. The molecule has 6 aliphatic rings. The monoisotopic (exact) mass is 1830 g/mol. The highest BCUT2D eigenvalue weighted by molar-refractivity contribution is 9.11. The van der Waals surface area contributed by atoms with Gasteiger partial charge in [0.15, 0.2) is 16.6 Å². The van der Waals surface area contributed by atoms with E-state index in [9.17, 15) is 5.11 Å². The number of nitrogens with two attached hydrogens (primary N) is 1. The smallest absolute Gasteiger partial charge is 0.414 e. The Balaban J connectivity index is 0.000000166. The molecule has 0 radical (unpaired) electrons. The summed E-state index contributed by atoms with van der Waals surface area (Å²) in [5, 5.41) is 21.0. The number of halogens is 3. The minimum Gasteiger partial charge on any atom is -0.414 e.